The summed E-state index contributed by atoms with van der Waals surface area (Å²) in [4.78, 5) is 75.4. The zero-order chi connectivity index (χ0) is 28.4. The monoisotopic (exact) mass is 639 g/mol. The molecule has 202 valence electrons. The van der Waals surface area contributed by atoms with E-state index in [1.165, 1.54) is 21.3 Å². The van der Waals surface area contributed by atoms with Crippen molar-refractivity contribution in [2.24, 2.45) is 4.99 Å². The van der Waals surface area contributed by atoms with Gasteiger partial charge >= 0.3 is 24.1 Å². The molecule has 0 saturated carbocycles. The summed E-state index contributed by atoms with van der Waals surface area (Å²) >= 11 is 2.22. The molecule has 0 radical (unpaired) electrons. The summed E-state index contributed by atoms with van der Waals surface area (Å²) in [7, 11) is 5.57. The molecule has 0 bridgehead atoms. The lowest BCUT2D eigenvalue weighted by atomic mass is 9.69. The molecule has 3 aliphatic heterocycles. The van der Waals surface area contributed by atoms with Gasteiger partial charge in [-0.25, -0.2) is 14.6 Å². The number of hydrogen-bond acceptors (Lipinski definition) is 11. The van der Waals surface area contributed by atoms with E-state index in [2.05, 4.69) is 32.3 Å². The van der Waals surface area contributed by atoms with Gasteiger partial charge in [-0.05, 0) is 59.7 Å². The highest BCUT2D eigenvalue weighted by Gasteiger charge is 2.65. The Morgan fingerprint density at radius 2 is 1.71 bits per heavy atom. The fourth-order valence-electron chi connectivity index (χ4n) is 5.58. The molecule has 1 saturated heterocycles. The van der Waals surface area contributed by atoms with Gasteiger partial charge in [-0.3, -0.25) is 14.5 Å². The van der Waals surface area contributed by atoms with E-state index in [-0.39, 0.29) is 42.2 Å². The Morgan fingerprint density at radius 3 is 2.29 bits per heavy atom. The second kappa shape index (κ2) is 11.4. The largest absolute Gasteiger partial charge is 0.469 e. The van der Waals surface area contributed by atoms with Crippen LogP contribution in [-0.2, 0) is 48.4 Å². The number of esters is 3. The van der Waals surface area contributed by atoms with E-state index in [0.29, 0.717) is 12.3 Å². The average molecular weight is 639 g/mol. The van der Waals surface area contributed by atoms with Crippen LogP contribution in [0.1, 0.15) is 31.7 Å². The Labute approximate surface area is 232 Å². The third kappa shape index (κ3) is 4.60. The highest BCUT2D eigenvalue weighted by molar-refractivity contribution is 14.1. The van der Waals surface area contributed by atoms with E-state index in [4.69, 9.17) is 19.1 Å². The summed E-state index contributed by atoms with van der Waals surface area (Å²) in [5.74, 6) is -1.93. The fourth-order valence-corrected chi connectivity index (χ4v) is 6.07. The minimum Gasteiger partial charge on any atom is -0.469 e. The SMILES string of the molecule is COC(=O)CCC(=O)N1C2=NC(C(=O)OC)=C(C(=O)OC)C3N(C)c4ccc(I)cc4[C@]23C[C@H]1C.O=C=O. The van der Waals surface area contributed by atoms with Crippen LogP contribution in [0.2, 0.25) is 0 Å². The molecule has 1 fully saturated rings. The molecule has 1 unspecified atom stereocenters. The van der Waals surface area contributed by atoms with Crippen LogP contribution in [-0.4, -0.2) is 81.2 Å². The Morgan fingerprint density at radius 1 is 1.08 bits per heavy atom. The molecule has 3 aliphatic rings. The number of carbonyl (C=O) groups excluding carboxylic acids is 6. The summed E-state index contributed by atoms with van der Waals surface area (Å²) in [6.45, 7) is 1.89. The number of nitrogens with zero attached hydrogens (tertiary/aromatic N) is 3. The van der Waals surface area contributed by atoms with E-state index in [1.54, 1.807) is 4.90 Å². The van der Waals surface area contributed by atoms with Gasteiger partial charge in [0.2, 0.25) is 5.91 Å². The fraction of sp³-hybridized carbons (Fsp3) is 0.440. The molecule has 3 heterocycles. The standard InChI is InChI=1S/C24H26IN3O7.CO2/c1-12-11-24-14-10-13(25)6-7-15(14)27(2)20(24)18(21(31)34-4)19(22(32)35-5)26-23(24)28(12)16(29)8-9-17(30)33-3;2-1-3/h6-7,10,12,20H,8-9,11H2,1-5H3;/t12-,20?,24+;/m1./s1. The molecule has 12 nitrogen and oxygen atoms in total. The molecular weight excluding hydrogens is 613 g/mol. The maximum Gasteiger partial charge on any atom is 0.373 e. The van der Waals surface area contributed by atoms with Gasteiger partial charge in [-0.15, -0.1) is 0 Å². The van der Waals surface area contributed by atoms with Crippen molar-refractivity contribution in [3.63, 3.8) is 0 Å². The minimum absolute atomic E-state index is 0.0765. The maximum absolute atomic E-state index is 13.4. The zero-order valence-corrected chi connectivity index (χ0v) is 23.6. The van der Waals surface area contributed by atoms with E-state index >= 15 is 0 Å². The summed E-state index contributed by atoms with van der Waals surface area (Å²) in [6.07, 6.45) is 0.559. The molecule has 1 aromatic rings. The van der Waals surface area contributed by atoms with Gasteiger partial charge in [0.1, 0.15) is 5.84 Å². The Bertz CT molecular complexity index is 1280. The smallest absolute Gasteiger partial charge is 0.373 e. The van der Waals surface area contributed by atoms with Crippen LogP contribution in [0.5, 0.6) is 0 Å². The van der Waals surface area contributed by atoms with Crippen molar-refractivity contribution in [1.82, 2.24) is 4.90 Å². The van der Waals surface area contributed by atoms with Crippen molar-refractivity contribution >= 4 is 64.1 Å². The third-order valence-electron chi connectivity index (χ3n) is 6.93. The average Bonchev–Trinajstić information content (AvgIpc) is 3.33. The Balaban J connectivity index is 0.00000127. The van der Waals surface area contributed by atoms with Crippen LogP contribution in [0.3, 0.4) is 0 Å². The highest BCUT2D eigenvalue weighted by Crippen LogP contribution is 2.57. The molecule has 0 N–H and O–H groups in total. The van der Waals surface area contributed by atoms with Crippen molar-refractivity contribution < 1.29 is 43.0 Å². The van der Waals surface area contributed by atoms with Crippen molar-refractivity contribution in [2.75, 3.05) is 33.3 Å². The zero-order valence-electron chi connectivity index (χ0n) is 21.4. The number of amides is 1. The van der Waals surface area contributed by atoms with Gasteiger partial charge < -0.3 is 19.1 Å². The van der Waals surface area contributed by atoms with E-state index < -0.39 is 29.4 Å². The summed E-state index contributed by atoms with van der Waals surface area (Å²) in [5.41, 5.74) is 0.798. The molecule has 0 aliphatic carbocycles. The third-order valence-corrected chi connectivity index (χ3v) is 7.60. The van der Waals surface area contributed by atoms with Gasteiger partial charge in [0.15, 0.2) is 5.70 Å². The van der Waals surface area contributed by atoms with Gasteiger partial charge in [-0.2, -0.15) is 9.59 Å². The van der Waals surface area contributed by atoms with Crippen molar-refractivity contribution in [3.05, 3.63) is 38.6 Å². The number of benzene rings is 1. The molecule has 13 heteroatoms. The first-order valence-corrected chi connectivity index (χ1v) is 12.5. The molecule has 1 spiro atoms. The predicted octanol–water partition coefficient (Wildman–Crippen LogP) is 1.35. The number of likely N-dealkylation sites (tertiary alicyclic amines) is 1. The van der Waals surface area contributed by atoms with Crippen LogP contribution in [0.25, 0.3) is 0 Å². The lowest BCUT2D eigenvalue weighted by Gasteiger charge is -2.39. The van der Waals surface area contributed by atoms with Crippen molar-refractivity contribution in [3.8, 4) is 0 Å². The minimum atomic E-state index is -0.882. The topological polar surface area (TPSA) is 149 Å². The van der Waals surface area contributed by atoms with Gasteiger partial charge in [0.05, 0.1) is 44.8 Å². The number of carbonyl (C=O) groups is 4. The van der Waals surface area contributed by atoms with Crippen molar-refractivity contribution in [1.29, 1.82) is 0 Å². The quantitative estimate of drug-likeness (QED) is 0.263. The van der Waals surface area contributed by atoms with Gasteiger partial charge in [0, 0.05) is 28.8 Å². The normalized spacial score (nSPS) is 22.6. The second-order valence-corrected chi connectivity index (χ2v) is 10.0. The number of ether oxygens (including phenoxy) is 3. The summed E-state index contributed by atoms with van der Waals surface area (Å²) in [6, 6.07) is 4.98. The lowest BCUT2D eigenvalue weighted by molar-refractivity contribution is -0.191. The van der Waals surface area contributed by atoms with E-state index in [9.17, 15) is 19.2 Å². The maximum atomic E-state index is 13.4. The number of rotatable bonds is 5. The molecule has 1 aromatic carbocycles. The van der Waals surface area contributed by atoms with Crippen LogP contribution in [0, 0.1) is 3.57 Å². The van der Waals surface area contributed by atoms with Crippen LogP contribution in [0.15, 0.2) is 34.5 Å². The molecule has 0 aromatic heterocycles. The number of aliphatic imine (C=N–C) groups is 1. The first kappa shape index (κ1) is 29.0. The van der Waals surface area contributed by atoms with Crippen molar-refractivity contribution in [2.45, 2.75) is 43.7 Å². The van der Waals surface area contributed by atoms with Crippen LogP contribution >= 0.6 is 22.6 Å². The second-order valence-electron chi connectivity index (χ2n) is 8.80. The molecule has 3 atom stereocenters. The first-order valence-electron chi connectivity index (χ1n) is 11.4. The van der Waals surface area contributed by atoms with Gasteiger partial charge in [-0.1, -0.05) is 0 Å². The molecule has 1 amide bonds. The summed E-state index contributed by atoms with van der Waals surface area (Å²) < 4.78 is 15.7. The molecule has 4 rings (SSSR count). The summed E-state index contributed by atoms with van der Waals surface area (Å²) in [5, 5.41) is 0. The number of anilines is 1. The molecule has 38 heavy (non-hydrogen) atoms. The van der Waals surface area contributed by atoms with E-state index in [0.717, 1.165) is 14.8 Å². The lowest BCUT2D eigenvalue weighted by Crippen LogP contribution is -2.55. The Kier molecular flexibility index (Phi) is 8.72. The van der Waals surface area contributed by atoms with Crippen LogP contribution < -0.4 is 4.90 Å². The predicted molar refractivity (Wildman–Crippen MR) is 139 cm³/mol. The van der Waals surface area contributed by atoms with Crippen LogP contribution in [0.4, 0.5) is 5.69 Å². The first-order chi connectivity index (χ1) is 18.0. The number of halogens is 1. The highest BCUT2D eigenvalue weighted by atomic mass is 127. The molecular formula is C25H26IN3O9. The number of amidine groups is 1. The number of fused-ring (bicyclic) bond motifs is 1. The number of hydrogen-bond donors (Lipinski definition) is 0. The van der Waals surface area contributed by atoms with E-state index in [1.807, 2.05) is 37.1 Å². The number of likely N-dealkylation sites (N-methyl/N-ethyl adjacent to an activating group) is 1. The Hall–Kier alpha value is -3.58. The number of methoxy groups -OCH3 is 3. The van der Waals surface area contributed by atoms with Gasteiger partial charge in [0.25, 0.3) is 0 Å².